The van der Waals surface area contributed by atoms with Crippen LogP contribution in [0.3, 0.4) is 0 Å². The zero-order chi connectivity index (χ0) is 13.8. The summed E-state index contributed by atoms with van der Waals surface area (Å²) in [6.45, 7) is 1.70. The zero-order valence-corrected chi connectivity index (χ0v) is 9.99. The molecule has 0 atom stereocenters. The molecule has 0 spiro atoms. The molecule has 1 aromatic carbocycles. The van der Waals surface area contributed by atoms with E-state index in [-0.39, 0.29) is 23.5 Å². The average Bonchev–Trinajstić information content (AvgIpc) is 2.87. The van der Waals surface area contributed by atoms with Gasteiger partial charge in [0, 0.05) is 24.1 Å². The molecule has 0 aliphatic carbocycles. The van der Waals surface area contributed by atoms with Crippen molar-refractivity contribution in [3.8, 4) is 11.5 Å². The molecule has 1 heterocycles. The van der Waals surface area contributed by atoms with Crippen LogP contribution < -0.4 is 5.32 Å². The average molecular weight is 262 g/mol. The summed E-state index contributed by atoms with van der Waals surface area (Å²) in [4.78, 5) is 21.2. The van der Waals surface area contributed by atoms with E-state index in [9.17, 15) is 14.9 Å². The number of nitro benzene ring substituents is 1. The van der Waals surface area contributed by atoms with Crippen LogP contribution >= 0.6 is 0 Å². The summed E-state index contributed by atoms with van der Waals surface area (Å²) in [6, 6.07) is 5.67. The number of amides is 1. The lowest BCUT2D eigenvalue weighted by Crippen LogP contribution is -2.09. The SMILES string of the molecule is CCC(=O)Nc1nnc(-c2ccc([N+](=O)[O-])cc2)o1. The molecular formula is C11H10N4O4. The minimum Gasteiger partial charge on any atom is -0.403 e. The van der Waals surface area contributed by atoms with Crippen LogP contribution in [-0.2, 0) is 4.79 Å². The van der Waals surface area contributed by atoms with Crippen molar-refractivity contribution in [3.05, 3.63) is 34.4 Å². The number of rotatable bonds is 4. The van der Waals surface area contributed by atoms with Crippen LogP contribution in [-0.4, -0.2) is 21.0 Å². The second-order valence-corrected chi connectivity index (χ2v) is 3.62. The highest BCUT2D eigenvalue weighted by Gasteiger charge is 2.12. The maximum atomic E-state index is 11.1. The van der Waals surface area contributed by atoms with Crippen LogP contribution in [0.4, 0.5) is 11.7 Å². The van der Waals surface area contributed by atoms with Gasteiger partial charge in [0.15, 0.2) is 0 Å². The summed E-state index contributed by atoms with van der Waals surface area (Å²) in [5.41, 5.74) is 0.512. The van der Waals surface area contributed by atoms with Gasteiger partial charge >= 0.3 is 6.01 Å². The molecule has 0 fully saturated rings. The van der Waals surface area contributed by atoms with E-state index >= 15 is 0 Å². The highest BCUT2D eigenvalue weighted by atomic mass is 16.6. The number of hydrogen-bond donors (Lipinski definition) is 1. The standard InChI is InChI=1S/C11H10N4O4/c1-2-9(16)12-11-14-13-10(19-11)7-3-5-8(6-4-7)15(17)18/h3-6H,2H2,1H3,(H,12,14,16). The maximum Gasteiger partial charge on any atom is 0.322 e. The lowest BCUT2D eigenvalue weighted by molar-refractivity contribution is -0.384. The molecule has 8 nitrogen and oxygen atoms in total. The molecular weight excluding hydrogens is 252 g/mol. The van der Waals surface area contributed by atoms with Crippen molar-refractivity contribution >= 4 is 17.6 Å². The number of hydrogen-bond acceptors (Lipinski definition) is 6. The van der Waals surface area contributed by atoms with Crippen molar-refractivity contribution in [1.29, 1.82) is 0 Å². The first kappa shape index (κ1) is 12.7. The molecule has 2 aromatic rings. The van der Waals surface area contributed by atoms with Gasteiger partial charge in [0.25, 0.3) is 5.69 Å². The van der Waals surface area contributed by atoms with Gasteiger partial charge in [-0.1, -0.05) is 12.0 Å². The molecule has 0 saturated heterocycles. The molecule has 8 heteroatoms. The summed E-state index contributed by atoms with van der Waals surface area (Å²) in [6.07, 6.45) is 0.301. The number of nitro groups is 1. The predicted octanol–water partition coefficient (Wildman–Crippen LogP) is 1.99. The van der Waals surface area contributed by atoms with Crippen LogP contribution in [0.2, 0.25) is 0 Å². The second-order valence-electron chi connectivity index (χ2n) is 3.62. The molecule has 0 aliphatic heterocycles. The van der Waals surface area contributed by atoms with E-state index in [0.29, 0.717) is 12.0 Å². The van der Waals surface area contributed by atoms with Crippen molar-refractivity contribution in [2.75, 3.05) is 5.32 Å². The van der Waals surface area contributed by atoms with Gasteiger partial charge in [0.1, 0.15) is 0 Å². The first-order valence-electron chi connectivity index (χ1n) is 5.48. The van der Waals surface area contributed by atoms with Gasteiger partial charge in [-0.2, -0.15) is 0 Å². The van der Waals surface area contributed by atoms with Crippen LogP contribution in [0.5, 0.6) is 0 Å². The third-order valence-electron chi connectivity index (χ3n) is 2.32. The van der Waals surface area contributed by atoms with Crippen LogP contribution in [0.1, 0.15) is 13.3 Å². The number of aromatic nitrogens is 2. The third-order valence-corrected chi connectivity index (χ3v) is 2.32. The van der Waals surface area contributed by atoms with E-state index in [0.717, 1.165) is 0 Å². The number of non-ortho nitro benzene ring substituents is 1. The van der Waals surface area contributed by atoms with Crippen molar-refractivity contribution < 1.29 is 14.1 Å². The molecule has 19 heavy (non-hydrogen) atoms. The molecule has 0 saturated carbocycles. The van der Waals surface area contributed by atoms with E-state index in [1.54, 1.807) is 6.92 Å². The van der Waals surface area contributed by atoms with Gasteiger partial charge in [-0.15, -0.1) is 5.10 Å². The van der Waals surface area contributed by atoms with Crippen molar-refractivity contribution in [1.82, 2.24) is 10.2 Å². The molecule has 0 bridgehead atoms. The van der Waals surface area contributed by atoms with Gasteiger partial charge in [-0.3, -0.25) is 20.2 Å². The Kier molecular flexibility index (Phi) is 3.51. The smallest absolute Gasteiger partial charge is 0.322 e. The highest BCUT2D eigenvalue weighted by molar-refractivity contribution is 5.88. The fourth-order valence-corrected chi connectivity index (χ4v) is 1.32. The fraction of sp³-hybridized carbons (Fsp3) is 0.182. The third kappa shape index (κ3) is 2.92. The van der Waals surface area contributed by atoms with E-state index in [1.165, 1.54) is 24.3 Å². The second kappa shape index (κ2) is 5.25. The summed E-state index contributed by atoms with van der Waals surface area (Å²) in [5, 5.41) is 20.3. The van der Waals surface area contributed by atoms with Crippen LogP contribution in [0.25, 0.3) is 11.5 Å². The maximum absolute atomic E-state index is 11.1. The Morgan fingerprint density at radius 1 is 1.37 bits per heavy atom. The Balaban J connectivity index is 2.18. The number of nitrogens with one attached hydrogen (secondary N) is 1. The Labute approximate surface area is 107 Å². The normalized spacial score (nSPS) is 10.2. The minimum absolute atomic E-state index is 0.000188. The molecule has 0 aliphatic rings. The predicted molar refractivity (Wildman–Crippen MR) is 65.3 cm³/mol. The Morgan fingerprint density at radius 2 is 2.05 bits per heavy atom. The topological polar surface area (TPSA) is 111 Å². The van der Waals surface area contributed by atoms with Gasteiger partial charge in [-0.25, -0.2) is 0 Å². The summed E-state index contributed by atoms with van der Waals surface area (Å²) in [7, 11) is 0. The van der Waals surface area contributed by atoms with E-state index in [2.05, 4.69) is 15.5 Å². The monoisotopic (exact) mass is 262 g/mol. The van der Waals surface area contributed by atoms with Gasteiger partial charge < -0.3 is 4.42 Å². The molecule has 1 aromatic heterocycles. The number of nitrogens with zero attached hydrogens (tertiary/aromatic N) is 3. The molecule has 98 valence electrons. The van der Waals surface area contributed by atoms with E-state index in [1.807, 2.05) is 0 Å². The summed E-state index contributed by atoms with van der Waals surface area (Å²) < 4.78 is 5.22. The summed E-state index contributed by atoms with van der Waals surface area (Å²) in [5.74, 6) is -0.0554. The lowest BCUT2D eigenvalue weighted by atomic mass is 10.2. The molecule has 1 N–H and O–H groups in total. The first-order valence-corrected chi connectivity index (χ1v) is 5.48. The van der Waals surface area contributed by atoms with Crippen molar-refractivity contribution in [3.63, 3.8) is 0 Å². The van der Waals surface area contributed by atoms with E-state index in [4.69, 9.17) is 4.42 Å². The molecule has 0 radical (unpaired) electrons. The minimum atomic E-state index is -0.496. The molecule has 2 rings (SSSR count). The number of carbonyl (C=O) groups excluding carboxylic acids is 1. The summed E-state index contributed by atoms with van der Waals surface area (Å²) >= 11 is 0. The van der Waals surface area contributed by atoms with Gasteiger partial charge in [-0.05, 0) is 12.1 Å². The van der Waals surface area contributed by atoms with Crippen molar-refractivity contribution in [2.24, 2.45) is 0 Å². The van der Waals surface area contributed by atoms with Gasteiger partial charge in [0.05, 0.1) is 4.92 Å². The Bertz CT molecular complexity index is 605. The first-order chi connectivity index (χ1) is 9.10. The number of carbonyl (C=O) groups is 1. The lowest BCUT2D eigenvalue weighted by Gasteiger charge is -1.96. The molecule has 0 unspecified atom stereocenters. The van der Waals surface area contributed by atoms with E-state index < -0.39 is 4.92 Å². The number of anilines is 1. The van der Waals surface area contributed by atoms with Crippen molar-refractivity contribution in [2.45, 2.75) is 13.3 Å². The largest absolute Gasteiger partial charge is 0.403 e. The van der Waals surface area contributed by atoms with Gasteiger partial charge in [0.2, 0.25) is 11.8 Å². The quantitative estimate of drug-likeness (QED) is 0.666. The Morgan fingerprint density at radius 3 is 2.63 bits per heavy atom. The molecule has 1 amide bonds. The zero-order valence-electron chi connectivity index (χ0n) is 9.99. The Hall–Kier alpha value is -2.77. The van der Waals surface area contributed by atoms with Crippen LogP contribution in [0, 0.1) is 10.1 Å². The fourth-order valence-electron chi connectivity index (χ4n) is 1.32. The van der Waals surface area contributed by atoms with Crippen LogP contribution in [0.15, 0.2) is 28.7 Å². The highest BCUT2D eigenvalue weighted by Crippen LogP contribution is 2.22. The number of benzene rings is 1.